The summed E-state index contributed by atoms with van der Waals surface area (Å²) in [6, 6.07) is 0. The second-order valence-corrected chi connectivity index (χ2v) is 10.2. The minimum Gasteiger partial charge on any atom is -0.306 e. The van der Waals surface area contributed by atoms with Gasteiger partial charge in [0.2, 0.25) is 15.9 Å². The molecule has 0 spiro atoms. The summed E-state index contributed by atoms with van der Waals surface area (Å²) in [6.07, 6.45) is 4.39. The number of hydrogen-bond acceptors (Lipinski definition) is 6. The van der Waals surface area contributed by atoms with Crippen molar-refractivity contribution in [3.05, 3.63) is 21.1 Å². The van der Waals surface area contributed by atoms with Gasteiger partial charge in [0, 0.05) is 36.7 Å². The lowest BCUT2D eigenvalue weighted by Crippen LogP contribution is -2.43. The number of aromatic nitrogens is 1. The molecule has 3 heterocycles. The van der Waals surface area contributed by atoms with Crippen LogP contribution in [0.25, 0.3) is 6.08 Å². The van der Waals surface area contributed by atoms with Crippen LogP contribution < -0.4 is 0 Å². The minimum atomic E-state index is -3.16. The number of thiazole rings is 1. The molecule has 1 aromatic rings. The predicted molar refractivity (Wildman–Crippen MR) is 98.1 cm³/mol. The second-order valence-electron chi connectivity index (χ2n) is 6.05. The van der Waals surface area contributed by atoms with Crippen molar-refractivity contribution in [1.82, 2.24) is 14.2 Å². The summed E-state index contributed by atoms with van der Waals surface area (Å²) >= 11 is 3.27. The molecule has 0 bridgehead atoms. The maximum atomic E-state index is 12.8. The molecular formula is C15H21N3O3S3. The molecule has 9 heteroatoms. The number of hydrogen-bond donors (Lipinski definition) is 0. The molecule has 2 saturated heterocycles. The van der Waals surface area contributed by atoms with Gasteiger partial charge in [-0.05, 0) is 25.8 Å². The first-order chi connectivity index (χ1) is 11.3. The zero-order valence-corrected chi connectivity index (χ0v) is 16.2. The number of sulfonamides is 1. The summed E-state index contributed by atoms with van der Waals surface area (Å²) in [5, 5.41) is 3.96. The molecule has 2 fully saturated rings. The van der Waals surface area contributed by atoms with Gasteiger partial charge in [0.05, 0.1) is 22.0 Å². The fourth-order valence-electron chi connectivity index (χ4n) is 3.00. The van der Waals surface area contributed by atoms with Crippen LogP contribution in [0.4, 0.5) is 0 Å². The van der Waals surface area contributed by atoms with Crippen LogP contribution in [0.1, 0.15) is 23.5 Å². The first-order valence-electron chi connectivity index (χ1n) is 7.88. The normalized spacial score (nSPS) is 22.4. The molecule has 132 valence electrons. The van der Waals surface area contributed by atoms with Gasteiger partial charge in [-0.3, -0.25) is 4.79 Å². The first-order valence-corrected chi connectivity index (χ1v) is 11.6. The van der Waals surface area contributed by atoms with E-state index >= 15 is 0 Å². The summed E-state index contributed by atoms with van der Waals surface area (Å²) in [6.45, 7) is 3.54. The molecule has 6 nitrogen and oxygen atoms in total. The van der Waals surface area contributed by atoms with E-state index in [0.717, 1.165) is 21.5 Å². The lowest BCUT2D eigenvalue weighted by atomic mass is 9.96. The van der Waals surface area contributed by atoms with Crippen molar-refractivity contribution >= 4 is 45.1 Å². The highest BCUT2D eigenvalue weighted by Gasteiger charge is 2.34. The zero-order valence-electron chi connectivity index (χ0n) is 13.8. The average molecular weight is 388 g/mol. The molecule has 0 aliphatic carbocycles. The van der Waals surface area contributed by atoms with Crippen LogP contribution in [0.15, 0.2) is 10.4 Å². The number of thioether (sulfide) groups is 1. The fraction of sp³-hybridized carbons (Fsp3) is 0.600. The van der Waals surface area contributed by atoms with Gasteiger partial charge in [-0.25, -0.2) is 17.7 Å². The molecule has 0 atom stereocenters. The molecule has 0 radical (unpaired) electrons. The topological polar surface area (TPSA) is 70.6 Å². The lowest BCUT2D eigenvalue weighted by molar-refractivity contribution is -0.133. The standard InChI is InChI=1S/C15H21N3O3S3/c1-11-16-13(10-23-11)9-14-18(7-8-22-14)15(19)12-3-5-17(6-4-12)24(2,20)21/h9-10,12H,3-8H2,1-2H3/b14-9+. The molecule has 1 amide bonds. The van der Waals surface area contributed by atoms with Crippen molar-refractivity contribution in [2.24, 2.45) is 5.92 Å². The van der Waals surface area contributed by atoms with E-state index in [2.05, 4.69) is 4.98 Å². The Hall–Kier alpha value is -0.900. The van der Waals surface area contributed by atoms with Crippen molar-refractivity contribution in [2.75, 3.05) is 31.6 Å². The molecular weight excluding hydrogens is 366 g/mol. The van der Waals surface area contributed by atoms with Crippen molar-refractivity contribution in [3.8, 4) is 0 Å². The van der Waals surface area contributed by atoms with Crippen LogP contribution in [0.5, 0.6) is 0 Å². The van der Waals surface area contributed by atoms with Crippen LogP contribution in [0.2, 0.25) is 0 Å². The number of carbonyl (C=O) groups excluding carboxylic acids is 1. The summed E-state index contributed by atoms with van der Waals surface area (Å²) in [5.74, 6) is 0.914. The first kappa shape index (κ1) is 17.9. The molecule has 0 N–H and O–H groups in total. The number of carbonyl (C=O) groups is 1. The summed E-state index contributed by atoms with van der Waals surface area (Å²) in [4.78, 5) is 19.1. The SMILES string of the molecule is Cc1nc(/C=C2/SCCN2C(=O)C2CCN(S(C)(=O)=O)CC2)cs1. The van der Waals surface area contributed by atoms with E-state index < -0.39 is 10.0 Å². The van der Waals surface area contributed by atoms with Crippen LogP contribution in [-0.4, -0.2) is 60.2 Å². The van der Waals surface area contributed by atoms with Crippen molar-refractivity contribution < 1.29 is 13.2 Å². The Labute approximate surface area is 151 Å². The third kappa shape index (κ3) is 4.01. The Kier molecular flexibility index (Phi) is 5.33. The molecule has 3 rings (SSSR count). The molecule has 24 heavy (non-hydrogen) atoms. The molecule has 2 aliphatic rings. The average Bonchev–Trinajstić information content (AvgIpc) is 3.15. The summed E-state index contributed by atoms with van der Waals surface area (Å²) in [7, 11) is -3.16. The highest BCUT2D eigenvalue weighted by molar-refractivity contribution is 8.03. The van der Waals surface area contributed by atoms with Gasteiger partial charge >= 0.3 is 0 Å². The molecule has 1 aromatic heterocycles. The van der Waals surface area contributed by atoms with Gasteiger partial charge in [-0.15, -0.1) is 23.1 Å². The fourth-order valence-corrected chi connectivity index (χ4v) is 5.46. The third-order valence-electron chi connectivity index (χ3n) is 4.28. The van der Waals surface area contributed by atoms with Crippen molar-refractivity contribution in [2.45, 2.75) is 19.8 Å². The highest BCUT2D eigenvalue weighted by atomic mass is 32.2. The maximum Gasteiger partial charge on any atom is 0.230 e. The molecule has 0 aromatic carbocycles. The predicted octanol–water partition coefficient (Wildman–Crippen LogP) is 2.00. The Morgan fingerprint density at radius 3 is 2.62 bits per heavy atom. The van der Waals surface area contributed by atoms with Crippen molar-refractivity contribution in [1.29, 1.82) is 0 Å². The van der Waals surface area contributed by atoms with Gasteiger partial charge in [0.25, 0.3) is 0 Å². The van der Waals surface area contributed by atoms with E-state index in [0.29, 0.717) is 32.5 Å². The molecule has 0 saturated carbocycles. The monoisotopic (exact) mass is 387 g/mol. The van der Waals surface area contributed by atoms with Gasteiger partial charge in [0.1, 0.15) is 0 Å². The summed E-state index contributed by atoms with van der Waals surface area (Å²) in [5.41, 5.74) is 0.895. The van der Waals surface area contributed by atoms with Gasteiger partial charge in [0.15, 0.2) is 0 Å². The Morgan fingerprint density at radius 2 is 2.04 bits per heavy atom. The highest BCUT2D eigenvalue weighted by Crippen LogP contribution is 2.33. The summed E-state index contributed by atoms with van der Waals surface area (Å²) < 4.78 is 24.6. The van der Waals surface area contributed by atoms with E-state index in [1.165, 1.54) is 10.6 Å². The second kappa shape index (κ2) is 7.15. The van der Waals surface area contributed by atoms with E-state index in [1.807, 2.05) is 23.3 Å². The largest absolute Gasteiger partial charge is 0.306 e. The van der Waals surface area contributed by atoms with Crippen LogP contribution >= 0.6 is 23.1 Å². The third-order valence-corrected chi connectivity index (χ3v) is 7.39. The lowest BCUT2D eigenvalue weighted by Gasteiger charge is -2.31. The number of amides is 1. The maximum absolute atomic E-state index is 12.8. The van der Waals surface area contributed by atoms with E-state index in [9.17, 15) is 13.2 Å². The van der Waals surface area contributed by atoms with Crippen LogP contribution in [-0.2, 0) is 14.8 Å². The van der Waals surface area contributed by atoms with Crippen LogP contribution in [0.3, 0.4) is 0 Å². The number of piperidine rings is 1. The quantitative estimate of drug-likeness (QED) is 0.793. The number of aryl methyl sites for hydroxylation is 1. The Balaban J connectivity index is 1.67. The smallest absolute Gasteiger partial charge is 0.230 e. The van der Waals surface area contributed by atoms with Crippen molar-refractivity contribution in [3.63, 3.8) is 0 Å². The Bertz CT molecular complexity index is 749. The minimum absolute atomic E-state index is 0.0951. The number of rotatable bonds is 3. The van der Waals surface area contributed by atoms with E-state index in [-0.39, 0.29) is 11.8 Å². The zero-order chi connectivity index (χ0) is 17.3. The molecule has 2 aliphatic heterocycles. The number of nitrogens with zero attached hydrogens (tertiary/aromatic N) is 3. The van der Waals surface area contributed by atoms with Gasteiger partial charge in [-0.2, -0.15) is 0 Å². The van der Waals surface area contributed by atoms with E-state index in [1.54, 1.807) is 23.1 Å². The molecule has 0 unspecified atom stereocenters. The van der Waals surface area contributed by atoms with Gasteiger partial charge in [-0.1, -0.05) is 0 Å². The Morgan fingerprint density at radius 1 is 1.33 bits per heavy atom. The van der Waals surface area contributed by atoms with Crippen LogP contribution in [0, 0.1) is 12.8 Å². The van der Waals surface area contributed by atoms with Gasteiger partial charge < -0.3 is 4.90 Å². The van der Waals surface area contributed by atoms with E-state index in [4.69, 9.17) is 0 Å².